The lowest BCUT2D eigenvalue weighted by Crippen LogP contribution is -2.37. The number of hydrogen-bond acceptors (Lipinski definition) is 4. The molecule has 4 heteroatoms. The zero-order valence-corrected chi connectivity index (χ0v) is 5.87. The van der Waals surface area contributed by atoms with Crippen LogP contribution in [0.1, 0.15) is 13.3 Å². The molecule has 0 amide bonds. The van der Waals surface area contributed by atoms with E-state index in [1.807, 2.05) is 0 Å². The molecule has 0 aliphatic carbocycles. The van der Waals surface area contributed by atoms with Crippen LogP contribution in [0.25, 0.3) is 0 Å². The third kappa shape index (κ3) is 1.12. The van der Waals surface area contributed by atoms with Crippen molar-refractivity contribution in [2.75, 3.05) is 13.2 Å². The summed E-state index contributed by atoms with van der Waals surface area (Å²) in [5.74, 6) is 0. The molecule has 0 aromatic heterocycles. The average Bonchev–Trinajstić information content (AvgIpc) is 2.33. The summed E-state index contributed by atoms with van der Waals surface area (Å²) in [7, 11) is 0. The van der Waals surface area contributed by atoms with Gasteiger partial charge in [0.25, 0.3) is 0 Å². The minimum absolute atomic E-state index is 0.190. The number of nitrogens with zero attached hydrogens (tertiary/aromatic N) is 1. The van der Waals surface area contributed by atoms with Crippen LogP contribution in [0.5, 0.6) is 0 Å². The Kier molecular flexibility index (Phi) is 1.92. The fraction of sp³-hybridized carbons (Fsp3) is 0.833. The monoisotopic (exact) mass is 145 g/mol. The topological polar surface area (TPSA) is 62.0 Å². The van der Waals surface area contributed by atoms with Gasteiger partial charge < -0.3 is 15.1 Å². The van der Waals surface area contributed by atoms with Gasteiger partial charge in [-0.15, -0.1) is 0 Å². The highest BCUT2D eigenvalue weighted by Gasteiger charge is 2.36. The van der Waals surface area contributed by atoms with E-state index in [-0.39, 0.29) is 13.2 Å². The third-order valence-electron chi connectivity index (χ3n) is 1.55. The summed E-state index contributed by atoms with van der Waals surface area (Å²) in [5.41, 5.74) is -0.0347. The van der Waals surface area contributed by atoms with Gasteiger partial charge >= 0.3 is 0 Å². The van der Waals surface area contributed by atoms with Crippen molar-refractivity contribution >= 4 is 5.71 Å². The van der Waals surface area contributed by atoms with E-state index in [0.29, 0.717) is 6.42 Å². The zero-order valence-electron chi connectivity index (χ0n) is 5.87. The molecule has 2 N–H and O–H groups in total. The Morgan fingerprint density at radius 1 is 1.60 bits per heavy atom. The molecule has 0 fully saturated rings. The minimum Gasteiger partial charge on any atom is -0.392 e. The summed E-state index contributed by atoms with van der Waals surface area (Å²) >= 11 is 0. The van der Waals surface area contributed by atoms with Crippen LogP contribution in [-0.2, 0) is 4.84 Å². The van der Waals surface area contributed by atoms with E-state index in [0.717, 1.165) is 5.71 Å². The van der Waals surface area contributed by atoms with Gasteiger partial charge in [0.1, 0.15) is 0 Å². The van der Waals surface area contributed by atoms with Crippen molar-refractivity contribution in [3.8, 4) is 0 Å². The number of hydrogen-bond donors (Lipinski definition) is 2. The van der Waals surface area contributed by atoms with Crippen molar-refractivity contribution in [1.29, 1.82) is 0 Å². The van der Waals surface area contributed by atoms with Crippen LogP contribution in [0.2, 0.25) is 0 Å². The Labute approximate surface area is 59.1 Å². The van der Waals surface area contributed by atoms with E-state index in [9.17, 15) is 0 Å². The summed E-state index contributed by atoms with van der Waals surface area (Å²) in [4.78, 5) is 4.84. The molecule has 1 heterocycles. The molecule has 1 aliphatic rings. The summed E-state index contributed by atoms with van der Waals surface area (Å²) < 4.78 is 0. The van der Waals surface area contributed by atoms with Gasteiger partial charge in [-0.2, -0.15) is 0 Å². The molecule has 0 atom stereocenters. The van der Waals surface area contributed by atoms with Gasteiger partial charge in [0.05, 0.1) is 18.9 Å². The molecule has 0 aromatic rings. The Hall–Kier alpha value is -0.610. The predicted molar refractivity (Wildman–Crippen MR) is 35.7 cm³/mol. The van der Waals surface area contributed by atoms with Crippen LogP contribution in [0, 0.1) is 0 Å². The number of aliphatic hydroxyl groups is 2. The van der Waals surface area contributed by atoms with Crippen molar-refractivity contribution < 1.29 is 15.1 Å². The smallest absolute Gasteiger partial charge is 0.188 e. The minimum atomic E-state index is -0.843. The number of aliphatic hydroxyl groups excluding tert-OH is 2. The Morgan fingerprint density at radius 2 is 2.20 bits per heavy atom. The first-order valence-corrected chi connectivity index (χ1v) is 3.16. The molecule has 0 bridgehead atoms. The zero-order chi connectivity index (χ0) is 7.61. The quantitative estimate of drug-likeness (QED) is 0.551. The van der Waals surface area contributed by atoms with Crippen LogP contribution >= 0.6 is 0 Å². The van der Waals surface area contributed by atoms with E-state index in [1.165, 1.54) is 0 Å². The predicted octanol–water partition coefficient (Wildman–Crippen LogP) is -0.494. The summed E-state index contributed by atoms with van der Waals surface area (Å²) in [6, 6.07) is 0. The largest absolute Gasteiger partial charge is 0.392 e. The van der Waals surface area contributed by atoms with Crippen molar-refractivity contribution in [3.05, 3.63) is 0 Å². The summed E-state index contributed by atoms with van der Waals surface area (Å²) in [6.07, 6.45) is 0.514. The van der Waals surface area contributed by atoms with Gasteiger partial charge in [0.15, 0.2) is 5.60 Å². The molecule has 0 unspecified atom stereocenters. The number of rotatable bonds is 2. The highest BCUT2D eigenvalue weighted by atomic mass is 16.7. The molecule has 58 valence electrons. The molecule has 1 rings (SSSR count). The molecule has 0 radical (unpaired) electrons. The van der Waals surface area contributed by atoms with Crippen molar-refractivity contribution in [3.63, 3.8) is 0 Å². The normalized spacial score (nSPS) is 22.1. The first-order valence-electron chi connectivity index (χ1n) is 3.16. The van der Waals surface area contributed by atoms with Crippen molar-refractivity contribution in [2.24, 2.45) is 5.16 Å². The van der Waals surface area contributed by atoms with Gasteiger partial charge in [0, 0.05) is 6.42 Å². The van der Waals surface area contributed by atoms with Crippen molar-refractivity contribution in [2.45, 2.75) is 18.9 Å². The maximum atomic E-state index is 8.78. The second-order valence-corrected chi connectivity index (χ2v) is 2.59. The fourth-order valence-electron chi connectivity index (χ4n) is 0.925. The van der Waals surface area contributed by atoms with Crippen LogP contribution in [0.3, 0.4) is 0 Å². The molecular weight excluding hydrogens is 134 g/mol. The van der Waals surface area contributed by atoms with Gasteiger partial charge in [-0.25, -0.2) is 0 Å². The summed E-state index contributed by atoms with van der Waals surface area (Å²) in [6.45, 7) is 1.42. The van der Waals surface area contributed by atoms with E-state index in [4.69, 9.17) is 15.1 Å². The summed E-state index contributed by atoms with van der Waals surface area (Å²) in [5, 5.41) is 21.2. The van der Waals surface area contributed by atoms with E-state index in [2.05, 4.69) is 5.16 Å². The van der Waals surface area contributed by atoms with Crippen LogP contribution in [-0.4, -0.2) is 34.7 Å². The first kappa shape index (κ1) is 7.50. The van der Waals surface area contributed by atoms with Gasteiger partial charge in [0.2, 0.25) is 0 Å². The standard InChI is InChI=1S/C6H11NO3/c1-5-2-6(3-8,4-9)10-7-5/h8-9H,2-4H2,1H3. The third-order valence-corrected chi connectivity index (χ3v) is 1.55. The highest BCUT2D eigenvalue weighted by Crippen LogP contribution is 2.22. The maximum absolute atomic E-state index is 8.78. The first-order chi connectivity index (χ1) is 4.72. The molecular formula is C6H11NO3. The molecule has 4 nitrogen and oxygen atoms in total. The van der Waals surface area contributed by atoms with Gasteiger partial charge in [-0.3, -0.25) is 0 Å². The van der Waals surface area contributed by atoms with E-state index < -0.39 is 5.60 Å². The SMILES string of the molecule is CC1=NOC(CO)(CO)C1. The Morgan fingerprint density at radius 3 is 2.40 bits per heavy atom. The second-order valence-electron chi connectivity index (χ2n) is 2.59. The Balaban J connectivity index is 2.57. The lowest BCUT2D eigenvalue weighted by molar-refractivity contribution is -0.0878. The van der Waals surface area contributed by atoms with Crippen LogP contribution in [0.15, 0.2) is 5.16 Å². The Bertz CT molecular complexity index is 151. The molecule has 0 spiro atoms. The molecule has 10 heavy (non-hydrogen) atoms. The van der Waals surface area contributed by atoms with Gasteiger partial charge in [-0.1, -0.05) is 5.16 Å². The average molecular weight is 145 g/mol. The van der Waals surface area contributed by atoms with Crippen LogP contribution in [0.4, 0.5) is 0 Å². The number of oxime groups is 1. The van der Waals surface area contributed by atoms with Gasteiger partial charge in [-0.05, 0) is 6.92 Å². The highest BCUT2D eigenvalue weighted by molar-refractivity contribution is 5.83. The molecule has 0 saturated heterocycles. The van der Waals surface area contributed by atoms with E-state index >= 15 is 0 Å². The molecule has 0 saturated carbocycles. The van der Waals surface area contributed by atoms with Crippen LogP contribution < -0.4 is 0 Å². The molecule has 0 aromatic carbocycles. The lowest BCUT2D eigenvalue weighted by Gasteiger charge is -2.20. The molecule has 1 aliphatic heterocycles. The van der Waals surface area contributed by atoms with Crippen molar-refractivity contribution in [1.82, 2.24) is 0 Å². The maximum Gasteiger partial charge on any atom is 0.188 e. The second kappa shape index (κ2) is 2.56. The fourth-order valence-corrected chi connectivity index (χ4v) is 0.925. The lowest BCUT2D eigenvalue weighted by atomic mass is 10.0. The van der Waals surface area contributed by atoms with E-state index in [1.54, 1.807) is 6.92 Å².